The molecule has 2 fully saturated rings. The lowest BCUT2D eigenvalue weighted by atomic mass is 10.2. The Morgan fingerprint density at radius 2 is 2.00 bits per heavy atom. The Balaban J connectivity index is 1.44. The maximum absolute atomic E-state index is 12.4. The number of carbonyl (C=O) groups is 1. The number of carbonyl (C=O) groups excluding carboxylic acids is 1. The molecule has 1 aromatic heterocycles. The minimum atomic E-state index is -0.0477. The summed E-state index contributed by atoms with van der Waals surface area (Å²) in [5, 5.41) is 3.46. The molecule has 156 valence electrons. The predicted octanol–water partition coefficient (Wildman–Crippen LogP) is 0.970. The van der Waals surface area contributed by atoms with E-state index >= 15 is 0 Å². The van der Waals surface area contributed by atoms with Gasteiger partial charge in [0.05, 0.1) is 19.0 Å². The van der Waals surface area contributed by atoms with Crippen molar-refractivity contribution in [3.05, 3.63) is 24.2 Å². The van der Waals surface area contributed by atoms with Gasteiger partial charge in [-0.25, -0.2) is 0 Å². The highest BCUT2D eigenvalue weighted by molar-refractivity contribution is 5.91. The highest BCUT2D eigenvalue weighted by atomic mass is 16.5. The van der Waals surface area contributed by atoms with Gasteiger partial charge in [-0.3, -0.25) is 14.7 Å². The molecule has 0 saturated carbocycles. The van der Waals surface area contributed by atoms with Crippen LogP contribution in [0.2, 0.25) is 0 Å². The molecule has 3 rings (SSSR count). The maximum atomic E-state index is 12.4. The van der Waals surface area contributed by atoms with Gasteiger partial charge in [0, 0.05) is 59.4 Å². The first kappa shape index (κ1) is 20.7. The van der Waals surface area contributed by atoms with E-state index in [0.29, 0.717) is 24.8 Å². The zero-order chi connectivity index (χ0) is 19.9. The lowest BCUT2D eigenvalue weighted by molar-refractivity contribution is -0.0287. The molecular formula is C20H33N5O3. The number of rotatable bonds is 5. The van der Waals surface area contributed by atoms with Crippen molar-refractivity contribution in [1.82, 2.24) is 20.0 Å². The molecule has 1 unspecified atom stereocenters. The van der Waals surface area contributed by atoms with Crippen LogP contribution in [0.15, 0.2) is 27.8 Å². The van der Waals surface area contributed by atoms with Crippen molar-refractivity contribution in [1.29, 1.82) is 0 Å². The second-order valence-electron chi connectivity index (χ2n) is 7.83. The van der Waals surface area contributed by atoms with Crippen LogP contribution >= 0.6 is 0 Å². The lowest BCUT2D eigenvalue weighted by Crippen LogP contribution is -2.55. The molecule has 1 atom stereocenters. The number of morpholine rings is 1. The van der Waals surface area contributed by atoms with Gasteiger partial charge in [-0.2, -0.15) is 0 Å². The molecule has 3 heterocycles. The second-order valence-corrected chi connectivity index (χ2v) is 7.83. The van der Waals surface area contributed by atoms with Crippen LogP contribution in [0, 0.1) is 5.92 Å². The largest absolute Gasteiger partial charge is 0.459 e. The predicted molar refractivity (Wildman–Crippen MR) is 109 cm³/mol. The Bertz CT molecular complexity index is 638. The quantitative estimate of drug-likeness (QED) is 0.596. The number of nitrogens with zero attached hydrogens (tertiary/aromatic N) is 4. The van der Waals surface area contributed by atoms with Gasteiger partial charge >= 0.3 is 0 Å². The molecular weight excluding hydrogens is 358 g/mol. The van der Waals surface area contributed by atoms with Gasteiger partial charge in [-0.15, -0.1) is 0 Å². The van der Waals surface area contributed by atoms with Crippen molar-refractivity contribution >= 4 is 11.9 Å². The average molecular weight is 392 g/mol. The third-order valence-electron chi connectivity index (χ3n) is 5.14. The number of ether oxygens (including phenoxy) is 1. The zero-order valence-electron chi connectivity index (χ0n) is 17.3. The van der Waals surface area contributed by atoms with E-state index in [-0.39, 0.29) is 12.0 Å². The molecule has 8 nitrogen and oxygen atoms in total. The van der Waals surface area contributed by atoms with Crippen LogP contribution in [0.5, 0.6) is 0 Å². The Morgan fingerprint density at radius 1 is 1.25 bits per heavy atom. The minimum absolute atomic E-state index is 0.0477. The third kappa shape index (κ3) is 5.48. The van der Waals surface area contributed by atoms with Crippen LogP contribution in [0.1, 0.15) is 24.4 Å². The summed E-state index contributed by atoms with van der Waals surface area (Å²) in [6.07, 6.45) is 1.70. The number of hydrogen-bond donors (Lipinski definition) is 1. The highest BCUT2D eigenvalue weighted by Crippen LogP contribution is 2.10. The fraction of sp³-hybridized carbons (Fsp3) is 0.700. The summed E-state index contributed by atoms with van der Waals surface area (Å²) < 4.78 is 11.1. The Morgan fingerprint density at radius 3 is 2.64 bits per heavy atom. The molecule has 2 aliphatic rings. The van der Waals surface area contributed by atoms with E-state index in [0.717, 1.165) is 51.8 Å². The number of hydrogen-bond acceptors (Lipinski definition) is 5. The summed E-state index contributed by atoms with van der Waals surface area (Å²) in [5.74, 6) is 1.89. The Hall–Kier alpha value is -2.06. The fourth-order valence-corrected chi connectivity index (χ4v) is 3.80. The SMILES string of the molecule is CN=C(NCC1CN(CC(C)C)CCO1)N1CCN(C(=O)c2ccco2)CC1. The second kappa shape index (κ2) is 9.93. The van der Waals surface area contributed by atoms with Crippen molar-refractivity contribution in [3.8, 4) is 0 Å². The lowest BCUT2D eigenvalue weighted by Gasteiger charge is -2.37. The standard InChI is InChI=1S/C20H33N5O3/c1-16(2)14-23-10-12-27-17(15-23)13-22-20(21-3)25-8-6-24(7-9-25)19(26)18-5-4-11-28-18/h4-5,11,16-17H,6-10,12-15H2,1-3H3,(H,21,22). The van der Waals surface area contributed by atoms with Gasteiger partial charge in [0.25, 0.3) is 5.91 Å². The molecule has 0 spiro atoms. The molecule has 0 aliphatic carbocycles. The summed E-state index contributed by atoms with van der Waals surface area (Å²) >= 11 is 0. The van der Waals surface area contributed by atoms with Crippen molar-refractivity contribution in [2.24, 2.45) is 10.9 Å². The molecule has 28 heavy (non-hydrogen) atoms. The van der Waals surface area contributed by atoms with Crippen LogP contribution < -0.4 is 5.32 Å². The Kier molecular flexibility index (Phi) is 7.33. The molecule has 2 aliphatic heterocycles. The molecule has 8 heteroatoms. The third-order valence-corrected chi connectivity index (χ3v) is 5.14. The van der Waals surface area contributed by atoms with E-state index in [9.17, 15) is 4.79 Å². The normalized spacial score (nSPS) is 22.0. The summed E-state index contributed by atoms with van der Waals surface area (Å²) in [7, 11) is 1.80. The minimum Gasteiger partial charge on any atom is -0.459 e. The fourth-order valence-electron chi connectivity index (χ4n) is 3.80. The summed E-state index contributed by atoms with van der Waals surface area (Å²) in [6, 6.07) is 3.45. The molecule has 0 radical (unpaired) electrons. The van der Waals surface area contributed by atoms with Gasteiger partial charge in [-0.05, 0) is 18.1 Å². The first-order valence-electron chi connectivity index (χ1n) is 10.2. The summed E-state index contributed by atoms with van der Waals surface area (Å²) in [4.78, 5) is 23.3. The molecule has 1 N–H and O–H groups in total. The molecule has 1 aromatic rings. The van der Waals surface area contributed by atoms with Crippen molar-refractivity contribution in [3.63, 3.8) is 0 Å². The van der Waals surface area contributed by atoms with Gasteiger partial charge in [0.2, 0.25) is 0 Å². The van der Waals surface area contributed by atoms with E-state index in [4.69, 9.17) is 9.15 Å². The van der Waals surface area contributed by atoms with Gasteiger partial charge < -0.3 is 24.3 Å². The summed E-state index contributed by atoms with van der Waals surface area (Å²) in [5.41, 5.74) is 0. The van der Waals surface area contributed by atoms with Gasteiger partial charge in [-0.1, -0.05) is 13.8 Å². The number of aliphatic imine (C=N–C) groups is 1. The van der Waals surface area contributed by atoms with Crippen LogP contribution in [-0.2, 0) is 4.74 Å². The topological polar surface area (TPSA) is 73.6 Å². The molecule has 2 saturated heterocycles. The van der Waals surface area contributed by atoms with E-state index in [1.54, 1.807) is 19.2 Å². The number of piperazine rings is 1. The Labute approximate surface area is 167 Å². The number of amides is 1. The van der Waals surface area contributed by atoms with Crippen molar-refractivity contribution in [2.75, 3.05) is 66.0 Å². The molecule has 0 aromatic carbocycles. The maximum Gasteiger partial charge on any atom is 0.289 e. The number of furan rings is 1. The van der Waals surface area contributed by atoms with E-state index < -0.39 is 0 Å². The van der Waals surface area contributed by atoms with E-state index in [1.165, 1.54) is 6.26 Å². The van der Waals surface area contributed by atoms with Gasteiger partial charge in [0.1, 0.15) is 0 Å². The van der Waals surface area contributed by atoms with Crippen LogP contribution in [0.4, 0.5) is 0 Å². The molecule has 0 bridgehead atoms. The van der Waals surface area contributed by atoms with Crippen LogP contribution in [-0.4, -0.2) is 98.7 Å². The van der Waals surface area contributed by atoms with Crippen LogP contribution in [0.3, 0.4) is 0 Å². The first-order valence-corrected chi connectivity index (χ1v) is 10.2. The van der Waals surface area contributed by atoms with E-state index in [1.807, 2.05) is 4.90 Å². The zero-order valence-corrected chi connectivity index (χ0v) is 17.3. The molecule has 1 amide bonds. The first-order chi connectivity index (χ1) is 13.6. The number of guanidine groups is 1. The van der Waals surface area contributed by atoms with Crippen molar-refractivity contribution < 1.29 is 13.9 Å². The van der Waals surface area contributed by atoms with Crippen molar-refractivity contribution in [2.45, 2.75) is 20.0 Å². The number of nitrogens with one attached hydrogen (secondary N) is 1. The summed E-state index contributed by atoms with van der Waals surface area (Å²) in [6.45, 7) is 11.9. The van der Waals surface area contributed by atoms with Gasteiger partial charge in [0.15, 0.2) is 11.7 Å². The highest BCUT2D eigenvalue weighted by Gasteiger charge is 2.26. The van der Waals surface area contributed by atoms with Crippen LogP contribution in [0.25, 0.3) is 0 Å². The smallest absolute Gasteiger partial charge is 0.289 e. The monoisotopic (exact) mass is 391 g/mol. The van der Waals surface area contributed by atoms with E-state index in [2.05, 4.69) is 34.0 Å². The average Bonchev–Trinajstić information content (AvgIpc) is 3.23.